The molecule has 3 rings (SSSR count). The molecule has 0 aromatic rings. The first-order chi connectivity index (χ1) is 15.3. The molecule has 0 aromatic carbocycles. The molecule has 0 bridgehead atoms. The Morgan fingerprint density at radius 2 is 1.06 bits per heavy atom. The van der Waals surface area contributed by atoms with E-state index in [0.717, 1.165) is 12.8 Å². The Balaban J connectivity index is 2.05. The van der Waals surface area contributed by atoms with Gasteiger partial charge in [-0.15, -0.1) is 0 Å². The summed E-state index contributed by atoms with van der Waals surface area (Å²) >= 11 is 0.0821. The summed E-state index contributed by atoms with van der Waals surface area (Å²) in [4.78, 5) is 0. The second-order valence-electron chi connectivity index (χ2n) is 10.6. The maximum Gasteiger partial charge on any atom is 0.456 e. The lowest BCUT2D eigenvalue weighted by molar-refractivity contribution is -0.0385. The quantitative estimate of drug-likeness (QED) is 0.195. The average Bonchev–Trinajstić information content (AvgIpc) is 2.81. The van der Waals surface area contributed by atoms with E-state index < -0.39 is 18.6 Å². The molecule has 0 amide bonds. The van der Waals surface area contributed by atoms with Crippen LogP contribution in [0.1, 0.15) is 123 Å². The molecule has 2 nitrogen and oxygen atoms in total. The van der Waals surface area contributed by atoms with Crippen LogP contribution in [0.3, 0.4) is 0 Å². The Morgan fingerprint density at radius 1 is 0.719 bits per heavy atom. The summed E-state index contributed by atoms with van der Waals surface area (Å²) in [6.07, 6.45) is 21.1. The van der Waals surface area contributed by atoms with Gasteiger partial charge in [-0.1, -0.05) is 33.1 Å². The number of hydrogen-bond acceptors (Lipinski definition) is 3. The highest BCUT2D eigenvalue weighted by Gasteiger charge is 2.61. The average molecular weight is 496 g/mol. The van der Waals surface area contributed by atoms with Gasteiger partial charge in [-0.3, -0.25) is 0 Å². The Morgan fingerprint density at radius 3 is 1.34 bits per heavy atom. The fourth-order valence-electron chi connectivity index (χ4n) is 7.22. The van der Waals surface area contributed by atoms with Crippen molar-refractivity contribution in [2.45, 2.75) is 151 Å². The Bertz CT molecular complexity index is 506. The van der Waals surface area contributed by atoms with Crippen LogP contribution < -0.4 is 5.09 Å². The van der Waals surface area contributed by atoms with Gasteiger partial charge in [-0.2, -0.15) is 18.3 Å². The molecule has 0 aromatic heterocycles. The van der Waals surface area contributed by atoms with Crippen molar-refractivity contribution in [1.29, 1.82) is 0 Å². The van der Waals surface area contributed by atoms with Crippen molar-refractivity contribution in [3.63, 3.8) is 0 Å². The van der Waals surface area contributed by atoms with Gasteiger partial charge < -0.3 is 0 Å². The summed E-state index contributed by atoms with van der Waals surface area (Å²) in [5, 5.41) is 4.33. The molecule has 0 heterocycles. The fourth-order valence-corrected chi connectivity index (χ4v) is 15.3. The van der Waals surface area contributed by atoms with E-state index >= 15 is 0 Å². The van der Waals surface area contributed by atoms with Crippen molar-refractivity contribution in [2.75, 3.05) is 7.05 Å². The van der Waals surface area contributed by atoms with Gasteiger partial charge in [0.25, 0.3) is 0 Å². The van der Waals surface area contributed by atoms with Crippen LogP contribution >= 0.6 is 19.4 Å². The molecule has 0 atom stereocenters. The zero-order valence-corrected chi connectivity index (χ0v) is 22.4. The molecule has 0 saturated heterocycles. The van der Waals surface area contributed by atoms with Crippen LogP contribution in [0.25, 0.3) is 0 Å². The van der Waals surface area contributed by atoms with Gasteiger partial charge >= 0.3 is 5.51 Å². The summed E-state index contributed by atoms with van der Waals surface area (Å²) < 4.78 is 42.1. The van der Waals surface area contributed by atoms with E-state index in [-0.39, 0.29) is 11.9 Å². The van der Waals surface area contributed by atoms with Crippen molar-refractivity contribution < 1.29 is 13.2 Å². The second kappa shape index (κ2) is 12.0. The first kappa shape index (κ1) is 27.1. The molecule has 3 saturated carbocycles. The third-order valence-electron chi connectivity index (χ3n) is 8.95. The van der Waals surface area contributed by atoms with E-state index in [1.54, 1.807) is 11.4 Å². The highest BCUT2D eigenvalue weighted by Crippen LogP contribution is 2.75. The predicted octanol–water partition coefficient (Wildman–Crippen LogP) is 9.12. The smallest absolute Gasteiger partial charge is 0.224 e. The van der Waals surface area contributed by atoms with Crippen molar-refractivity contribution in [2.24, 2.45) is 0 Å². The Labute approximate surface area is 200 Å². The number of nitrogens with zero attached hydrogens (tertiary/aromatic N) is 1. The molecule has 7 heteroatoms. The minimum Gasteiger partial charge on any atom is -0.224 e. The lowest BCUT2D eigenvalue weighted by atomic mass is 9.99. The highest BCUT2D eigenvalue weighted by atomic mass is 32.2. The zero-order chi connectivity index (χ0) is 23.2. The highest BCUT2D eigenvalue weighted by molar-refractivity contribution is 7.97. The van der Waals surface area contributed by atoms with Gasteiger partial charge in [-0.25, -0.2) is 4.31 Å². The zero-order valence-electron chi connectivity index (χ0n) is 20.7. The van der Waals surface area contributed by atoms with E-state index in [9.17, 15) is 13.2 Å². The molecule has 1 N–H and O–H groups in total. The van der Waals surface area contributed by atoms with Gasteiger partial charge in [0.2, 0.25) is 0 Å². The van der Waals surface area contributed by atoms with Crippen LogP contribution in [0.2, 0.25) is 0 Å². The lowest BCUT2D eigenvalue weighted by Gasteiger charge is -2.53. The van der Waals surface area contributed by atoms with Gasteiger partial charge in [0.1, 0.15) is 5.66 Å². The third kappa shape index (κ3) is 6.18. The molecule has 188 valence electrons. The monoisotopic (exact) mass is 495 g/mol. The van der Waals surface area contributed by atoms with Crippen molar-refractivity contribution in [3.8, 4) is 0 Å². The summed E-state index contributed by atoms with van der Waals surface area (Å²) in [6.45, 7) is 4.20. The number of alkyl halides is 3. The number of nitrogens with one attached hydrogen (secondary N) is 1. The Kier molecular flexibility index (Phi) is 10.1. The van der Waals surface area contributed by atoms with Crippen LogP contribution in [-0.2, 0) is 0 Å². The molecule has 0 aliphatic heterocycles. The lowest BCUT2D eigenvalue weighted by Crippen LogP contribution is -2.59. The first-order valence-electron chi connectivity index (χ1n) is 13.4. The van der Waals surface area contributed by atoms with Crippen LogP contribution in [0.4, 0.5) is 13.2 Å². The summed E-state index contributed by atoms with van der Waals surface area (Å²) in [5.41, 5.74) is -2.69. The first-order valence-corrected chi connectivity index (χ1v) is 16.2. The van der Waals surface area contributed by atoms with E-state index in [1.165, 1.54) is 96.3 Å². The van der Waals surface area contributed by atoms with Gasteiger partial charge in [0.15, 0.2) is 0 Å². The predicted molar refractivity (Wildman–Crippen MR) is 135 cm³/mol. The number of halogens is 3. The SMILES string of the molecule is CCC(CC)(N[P+](C1CCCCC1)(C1CCCCC1)C1CCCCC1)N(C)SC(F)(F)F. The summed E-state index contributed by atoms with van der Waals surface area (Å²) in [5.74, 6) is 0. The standard InChI is InChI=1S/C25H47F3N2PS/c1-4-24(5-2,30(3)32-25(26,27)28)29-31(21-15-9-6-10-16-21,22-17-11-7-12-18-22)23-19-13-8-14-20-23/h21-23,29H,4-20H2,1-3H3/q+1. The van der Waals surface area contributed by atoms with E-state index in [4.69, 9.17) is 0 Å². The minimum absolute atomic E-state index is 0.0821. The van der Waals surface area contributed by atoms with Gasteiger partial charge in [0, 0.05) is 11.9 Å². The molecule has 3 aliphatic carbocycles. The molecule has 0 spiro atoms. The molecular weight excluding hydrogens is 448 g/mol. The third-order valence-corrected chi connectivity index (χ3v) is 15.8. The topological polar surface area (TPSA) is 15.3 Å². The summed E-state index contributed by atoms with van der Waals surface area (Å²) in [7, 11) is 0.0212. The molecule has 0 unspecified atom stereocenters. The molecule has 32 heavy (non-hydrogen) atoms. The molecule has 3 aliphatic rings. The largest absolute Gasteiger partial charge is 0.456 e. The van der Waals surface area contributed by atoms with Crippen LogP contribution in [0.15, 0.2) is 0 Å². The summed E-state index contributed by atoms with van der Waals surface area (Å²) in [6, 6.07) is 0. The molecule has 0 radical (unpaired) electrons. The van der Waals surface area contributed by atoms with Crippen LogP contribution in [0.5, 0.6) is 0 Å². The van der Waals surface area contributed by atoms with Crippen molar-refractivity contribution >= 4 is 19.4 Å². The Hall–Kier alpha value is 0.490. The van der Waals surface area contributed by atoms with Crippen LogP contribution in [-0.4, -0.2) is 39.5 Å². The second-order valence-corrected chi connectivity index (χ2v) is 15.9. The maximum absolute atomic E-state index is 13.5. The molecular formula is C25H47F3N2PS+. The van der Waals surface area contributed by atoms with E-state index in [2.05, 4.69) is 18.9 Å². The van der Waals surface area contributed by atoms with Crippen LogP contribution in [0, 0.1) is 0 Å². The normalized spacial score (nSPS) is 23.7. The van der Waals surface area contributed by atoms with Crippen molar-refractivity contribution in [1.82, 2.24) is 9.39 Å². The van der Waals surface area contributed by atoms with Gasteiger partial charge in [0.05, 0.1) is 24.4 Å². The number of rotatable bonds is 9. The minimum atomic E-state index is -4.24. The molecule has 3 fully saturated rings. The van der Waals surface area contributed by atoms with Crippen molar-refractivity contribution in [3.05, 3.63) is 0 Å². The maximum atomic E-state index is 13.5. The van der Waals surface area contributed by atoms with Gasteiger partial charge in [-0.05, 0) is 96.9 Å². The van der Waals surface area contributed by atoms with E-state index in [0.29, 0.717) is 17.0 Å². The van der Waals surface area contributed by atoms with E-state index in [1.807, 2.05) is 0 Å². The fraction of sp³-hybridized carbons (Fsp3) is 1.00. The number of hydrogen-bond donors (Lipinski definition) is 1.